The van der Waals surface area contributed by atoms with Gasteiger partial charge in [-0.3, -0.25) is 23.4 Å². The molecule has 1 N–H and O–H groups in total. The molecule has 1 amide bonds. The zero-order chi connectivity index (χ0) is 21.0. The Balaban J connectivity index is 2.11. The number of nitrogens with zero attached hydrogens (tertiary/aromatic N) is 4. The van der Waals surface area contributed by atoms with Gasteiger partial charge in [0, 0.05) is 19.6 Å². The fraction of sp³-hybridized carbons (Fsp3) is 0.429. The topological polar surface area (TPSA) is 90.9 Å². The van der Waals surface area contributed by atoms with E-state index >= 15 is 0 Å². The minimum atomic E-state index is -0.483. The summed E-state index contributed by atoms with van der Waals surface area (Å²) in [5.74, 6) is -0.257. The molecule has 0 unspecified atom stereocenters. The number of carbonyl (C=O) groups is 1. The molecule has 0 aliphatic heterocycles. The molecule has 0 spiro atoms. The molecule has 0 bridgehead atoms. The van der Waals surface area contributed by atoms with Crippen LogP contribution in [0.25, 0.3) is 11.0 Å². The molecule has 154 valence electrons. The zero-order valence-corrected chi connectivity index (χ0v) is 17.1. The quantitative estimate of drug-likeness (QED) is 0.623. The maximum absolute atomic E-state index is 13.2. The zero-order valence-electron chi connectivity index (χ0n) is 17.1. The van der Waals surface area contributed by atoms with Crippen LogP contribution < -0.4 is 16.6 Å². The molecule has 8 nitrogen and oxygen atoms in total. The summed E-state index contributed by atoms with van der Waals surface area (Å²) in [6, 6.07) is 9.69. The van der Waals surface area contributed by atoms with Gasteiger partial charge in [-0.05, 0) is 32.3 Å². The van der Waals surface area contributed by atoms with Crippen molar-refractivity contribution in [3.8, 4) is 0 Å². The number of aryl methyl sites for hydroxylation is 3. The fourth-order valence-corrected chi connectivity index (χ4v) is 3.49. The molecule has 0 saturated carbocycles. The van der Waals surface area contributed by atoms with Crippen LogP contribution in [-0.2, 0) is 30.8 Å². The number of hydrogen-bond acceptors (Lipinski definition) is 4. The van der Waals surface area contributed by atoms with Crippen LogP contribution in [0.5, 0.6) is 0 Å². The van der Waals surface area contributed by atoms with E-state index in [2.05, 4.69) is 10.4 Å². The van der Waals surface area contributed by atoms with E-state index in [0.717, 1.165) is 12.0 Å². The minimum Gasteiger partial charge on any atom is -0.355 e. The Bertz CT molecular complexity index is 1130. The van der Waals surface area contributed by atoms with Gasteiger partial charge in [-0.1, -0.05) is 37.3 Å². The third-order valence-corrected chi connectivity index (χ3v) is 4.92. The average molecular weight is 397 g/mol. The highest BCUT2D eigenvalue weighted by molar-refractivity contribution is 5.81. The van der Waals surface area contributed by atoms with Crippen molar-refractivity contribution >= 4 is 16.9 Å². The van der Waals surface area contributed by atoms with Crippen molar-refractivity contribution in [3.05, 3.63) is 62.4 Å². The summed E-state index contributed by atoms with van der Waals surface area (Å²) in [5, 5.41) is 7.20. The van der Waals surface area contributed by atoms with Gasteiger partial charge in [0.15, 0.2) is 5.52 Å². The van der Waals surface area contributed by atoms with Crippen LogP contribution in [0, 0.1) is 6.92 Å². The Hall–Kier alpha value is -3.16. The van der Waals surface area contributed by atoms with Crippen LogP contribution in [0.1, 0.15) is 31.5 Å². The normalized spacial score (nSPS) is 11.1. The largest absolute Gasteiger partial charge is 0.355 e. The smallest absolute Gasteiger partial charge is 0.332 e. The summed E-state index contributed by atoms with van der Waals surface area (Å²) in [6.07, 6.45) is 1.35. The first-order valence-electron chi connectivity index (χ1n) is 9.99. The number of benzene rings is 1. The molecule has 3 rings (SSSR count). The number of carbonyl (C=O) groups excluding carboxylic acids is 1. The predicted molar refractivity (Wildman–Crippen MR) is 112 cm³/mol. The van der Waals surface area contributed by atoms with E-state index in [9.17, 15) is 14.4 Å². The molecular formula is C21H27N5O3. The SMILES string of the molecule is CCCNC(=O)Cn1c(=O)n(CCc2ccccc2)c(=O)c2c1c(C)nn2CC. The molecule has 2 aromatic heterocycles. The molecular weight excluding hydrogens is 370 g/mol. The van der Waals surface area contributed by atoms with E-state index in [0.29, 0.717) is 36.2 Å². The Morgan fingerprint density at radius 2 is 1.79 bits per heavy atom. The molecule has 0 radical (unpaired) electrons. The molecule has 0 saturated heterocycles. The molecule has 2 heterocycles. The summed E-state index contributed by atoms with van der Waals surface area (Å²) >= 11 is 0. The fourth-order valence-electron chi connectivity index (χ4n) is 3.49. The number of amides is 1. The van der Waals surface area contributed by atoms with Crippen molar-refractivity contribution in [1.82, 2.24) is 24.2 Å². The highest BCUT2D eigenvalue weighted by Gasteiger charge is 2.21. The number of nitrogens with one attached hydrogen (secondary N) is 1. The third-order valence-electron chi connectivity index (χ3n) is 4.92. The van der Waals surface area contributed by atoms with E-state index in [1.54, 1.807) is 11.6 Å². The third kappa shape index (κ3) is 4.16. The van der Waals surface area contributed by atoms with Gasteiger partial charge in [-0.25, -0.2) is 4.79 Å². The molecule has 0 aliphatic rings. The Kier molecular flexibility index (Phi) is 6.31. The van der Waals surface area contributed by atoms with Crippen molar-refractivity contribution < 1.29 is 4.79 Å². The van der Waals surface area contributed by atoms with Crippen molar-refractivity contribution in [1.29, 1.82) is 0 Å². The van der Waals surface area contributed by atoms with Gasteiger partial charge in [0.05, 0.1) is 5.69 Å². The summed E-state index contributed by atoms with van der Waals surface area (Å²) in [7, 11) is 0. The predicted octanol–water partition coefficient (Wildman–Crippen LogP) is 1.46. The number of hydrogen-bond donors (Lipinski definition) is 1. The molecule has 0 atom stereocenters. The summed E-state index contributed by atoms with van der Waals surface area (Å²) in [4.78, 5) is 38.7. The van der Waals surface area contributed by atoms with Crippen LogP contribution in [0.4, 0.5) is 0 Å². The Labute approximate surface area is 168 Å². The van der Waals surface area contributed by atoms with Gasteiger partial charge < -0.3 is 5.32 Å². The molecule has 1 aromatic carbocycles. The molecule has 0 aliphatic carbocycles. The van der Waals surface area contributed by atoms with Crippen LogP contribution in [0.3, 0.4) is 0 Å². The first-order chi connectivity index (χ1) is 14.0. The monoisotopic (exact) mass is 397 g/mol. The second-order valence-corrected chi connectivity index (χ2v) is 7.01. The van der Waals surface area contributed by atoms with Gasteiger partial charge in [-0.2, -0.15) is 5.10 Å². The van der Waals surface area contributed by atoms with E-state index in [1.165, 1.54) is 9.13 Å². The van der Waals surface area contributed by atoms with Crippen LogP contribution in [-0.4, -0.2) is 31.4 Å². The summed E-state index contributed by atoms with van der Waals surface area (Å²) < 4.78 is 4.20. The lowest BCUT2D eigenvalue weighted by Crippen LogP contribution is -2.43. The molecule has 0 fully saturated rings. The highest BCUT2D eigenvalue weighted by Crippen LogP contribution is 2.13. The Morgan fingerprint density at radius 3 is 2.45 bits per heavy atom. The van der Waals surface area contributed by atoms with Gasteiger partial charge in [0.1, 0.15) is 12.1 Å². The van der Waals surface area contributed by atoms with E-state index in [4.69, 9.17) is 0 Å². The van der Waals surface area contributed by atoms with E-state index in [-0.39, 0.29) is 24.6 Å². The lowest BCUT2D eigenvalue weighted by Gasteiger charge is -2.13. The van der Waals surface area contributed by atoms with Crippen molar-refractivity contribution in [3.63, 3.8) is 0 Å². The van der Waals surface area contributed by atoms with Crippen LogP contribution >= 0.6 is 0 Å². The Morgan fingerprint density at radius 1 is 1.07 bits per heavy atom. The van der Waals surface area contributed by atoms with Crippen molar-refractivity contribution in [2.24, 2.45) is 0 Å². The van der Waals surface area contributed by atoms with Gasteiger partial charge in [-0.15, -0.1) is 0 Å². The van der Waals surface area contributed by atoms with Gasteiger partial charge in [0.2, 0.25) is 5.91 Å². The van der Waals surface area contributed by atoms with Crippen molar-refractivity contribution in [2.45, 2.75) is 53.2 Å². The summed E-state index contributed by atoms with van der Waals surface area (Å²) in [5.41, 5.74) is 1.55. The molecule has 3 aromatic rings. The highest BCUT2D eigenvalue weighted by atomic mass is 16.2. The molecule has 8 heteroatoms. The lowest BCUT2D eigenvalue weighted by atomic mass is 10.1. The number of rotatable bonds is 8. The number of aromatic nitrogens is 4. The van der Waals surface area contributed by atoms with Crippen LogP contribution in [0.2, 0.25) is 0 Å². The minimum absolute atomic E-state index is 0.142. The standard InChI is InChI=1S/C21H27N5O3/c1-4-12-22-17(27)14-25-18-15(3)23-26(5-2)19(18)20(28)24(21(25)29)13-11-16-9-7-6-8-10-16/h6-10H,4-5,11-14H2,1-3H3,(H,22,27). The summed E-state index contributed by atoms with van der Waals surface area (Å²) in [6.45, 7) is 6.74. The van der Waals surface area contributed by atoms with E-state index < -0.39 is 5.69 Å². The maximum atomic E-state index is 13.2. The first-order valence-corrected chi connectivity index (χ1v) is 9.99. The first kappa shape index (κ1) is 20.6. The number of fused-ring (bicyclic) bond motifs is 1. The van der Waals surface area contributed by atoms with E-state index in [1.807, 2.05) is 44.2 Å². The second-order valence-electron chi connectivity index (χ2n) is 7.01. The van der Waals surface area contributed by atoms with Gasteiger partial charge in [0.25, 0.3) is 5.56 Å². The average Bonchev–Trinajstić information content (AvgIpc) is 3.06. The lowest BCUT2D eigenvalue weighted by molar-refractivity contribution is -0.121. The molecule has 29 heavy (non-hydrogen) atoms. The van der Waals surface area contributed by atoms with Crippen LogP contribution in [0.15, 0.2) is 39.9 Å². The van der Waals surface area contributed by atoms with Gasteiger partial charge >= 0.3 is 5.69 Å². The van der Waals surface area contributed by atoms with Crippen molar-refractivity contribution in [2.75, 3.05) is 6.54 Å². The maximum Gasteiger partial charge on any atom is 0.332 e. The second kappa shape index (κ2) is 8.89.